The molecule has 5 rings (SSSR count). The number of benzene rings is 3. The molecule has 3 aromatic carbocycles. The largest absolute Gasteiger partial charge is 0.444 e. The monoisotopic (exact) mass is 484 g/mol. The summed E-state index contributed by atoms with van der Waals surface area (Å²) in [5, 5.41) is 5.46. The number of amides is 2. The highest BCUT2D eigenvalue weighted by Crippen LogP contribution is 2.30. The van der Waals surface area contributed by atoms with E-state index in [1.807, 2.05) is 65.0 Å². The van der Waals surface area contributed by atoms with Crippen LogP contribution < -0.4 is 5.32 Å². The molecule has 1 aromatic heterocycles. The number of nitrogens with zero attached hydrogens (tertiary/aromatic N) is 2. The molecule has 1 fully saturated rings. The Morgan fingerprint density at radius 3 is 2.58 bits per heavy atom. The Hall–Kier alpha value is -3.87. The minimum absolute atomic E-state index is 0.119. The maximum atomic E-state index is 13.3. The molecule has 186 valence electrons. The van der Waals surface area contributed by atoms with Crippen molar-refractivity contribution in [2.75, 3.05) is 13.1 Å². The zero-order valence-electron chi connectivity index (χ0n) is 21.4. The van der Waals surface area contributed by atoms with Crippen LogP contribution in [0.4, 0.5) is 4.79 Å². The maximum Gasteiger partial charge on any atom is 0.410 e. The number of fused-ring (bicyclic) bond motifs is 2. The summed E-state index contributed by atoms with van der Waals surface area (Å²) in [5.41, 5.74) is 3.69. The Labute approximate surface area is 210 Å². The predicted molar refractivity (Wildman–Crippen MR) is 141 cm³/mol. The highest BCUT2D eigenvalue weighted by molar-refractivity contribution is 5.99. The first-order chi connectivity index (χ1) is 17.1. The van der Waals surface area contributed by atoms with E-state index in [1.54, 1.807) is 4.90 Å². The van der Waals surface area contributed by atoms with E-state index >= 15 is 0 Å². The third kappa shape index (κ3) is 4.65. The lowest BCUT2D eigenvalue weighted by atomic mass is 9.99. The molecule has 1 aliphatic heterocycles. The zero-order chi connectivity index (χ0) is 25.6. The van der Waals surface area contributed by atoms with Crippen LogP contribution in [0.25, 0.3) is 21.8 Å². The first-order valence-electron chi connectivity index (χ1n) is 12.4. The van der Waals surface area contributed by atoms with Crippen LogP contribution in [-0.2, 0) is 4.74 Å². The molecule has 2 amide bonds. The lowest BCUT2D eigenvalue weighted by molar-refractivity contribution is 0.00760. The topological polar surface area (TPSA) is 87.3 Å². The molecule has 2 N–H and O–H groups in total. The standard InChI is InChI=1S/C29H32N4O3/c1-17-13-24-25(32-26(31-24)20-15-33(16-20)28(35)36-29(3,4)5)14-23(17)27(34)30-18(2)21-12-8-10-19-9-6-7-11-22(19)21/h6-14,18,20H,15-16H2,1-5H3,(H,30,34)(H,31,32)/t18-/m1/s1. The molecule has 36 heavy (non-hydrogen) atoms. The number of hydrogen-bond acceptors (Lipinski definition) is 4. The van der Waals surface area contributed by atoms with Crippen molar-refractivity contribution in [2.45, 2.75) is 52.2 Å². The summed E-state index contributed by atoms with van der Waals surface area (Å²) in [6.45, 7) is 10.6. The van der Waals surface area contributed by atoms with Gasteiger partial charge in [-0.2, -0.15) is 0 Å². The summed E-state index contributed by atoms with van der Waals surface area (Å²) in [5.74, 6) is 0.825. The molecular weight excluding hydrogens is 452 g/mol. The second-order valence-electron chi connectivity index (χ2n) is 10.7. The summed E-state index contributed by atoms with van der Waals surface area (Å²) in [4.78, 5) is 35.3. The number of aromatic nitrogens is 2. The summed E-state index contributed by atoms with van der Waals surface area (Å²) in [7, 11) is 0. The van der Waals surface area contributed by atoms with Crippen LogP contribution >= 0.6 is 0 Å². The van der Waals surface area contributed by atoms with Crippen molar-refractivity contribution in [2.24, 2.45) is 0 Å². The van der Waals surface area contributed by atoms with E-state index < -0.39 is 5.60 Å². The van der Waals surface area contributed by atoms with E-state index in [9.17, 15) is 9.59 Å². The highest BCUT2D eigenvalue weighted by Gasteiger charge is 2.36. The molecule has 4 aromatic rings. The van der Waals surface area contributed by atoms with Crippen molar-refractivity contribution >= 4 is 33.8 Å². The van der Waals surface area contributed by atoms with Crippen LogP contribution in [-0.4, -0.2) is 45.6 Å². The molecule has 1 saturated heterocycles. The fourth-order valence-electron chi connectivity index (χ4n) is 4.73. The number of aryl methyl sites for hydroxylation is 1. The van der Waals surface area contributed by atoms with Crippen molar-refractivity contribution in [1.82, 2.24) is 20.2 Å². The Balaban J connectivity index is 1.31. The van der Waals surface area contributed by atoms with Gasteiger partial charge in [0, 0.05) is 18.7 Å². The average molecular weight is 485 g/mol. The minimum Gasteiger partial charge on any atom is -0.444 e. The number of imidazole rings is 1. The van der Waals surface area contributed by atoms with Gasteiger partial charge in [-0.15, -0.1) is 0 Å². The van der Waals surface area contributed by atoms with Crippen molar-refractivity contribution in [1.29, 1.82) is 0 Å². The van der Waals surface area contributed by atoms with Gasteiger partial charge in [-0.1, -0.05) is 42.5 Å². The van der Waals surface area contributed by atoms with Crippen molar-refractivity contribution in [3.63, 3.8) is 0 Å². The molecule has 0 spiro atoms. The predicted octanol–water partition coefficient (Wildman–Crippen LogP) is 5.85. The number of carbonyl (C=O) groups excluding carboxylic acids is 2. The Bertz CT molecular complexity index is 1460. The fraction of sp³-hybridized carbons (Fsp3) is 0.345. The molecule has 0 unspecified atom stereocenters. The van der Waals surface area contributed by atoms with Crippen LogP contribution in [0, 0.1) is 6.92 Å². The van der Waals surface area contributed by atoms with Crippen molar-refractivity contribution in [3.8, 4) is 0 Å². The van der Waals surface area contributed by atoms with Crippen LogP contribution in [0.3, 0.4) is 0 Å². The van der Waals surface area contributed by atoms with Gasteiger partial charge in [0.25, 0.3) is 5.91 Å². The summed E-state index contributed by atoms with van der Waals surface area (Å²) < 4.78 is 5.44. The zero-order valence-corrected chi connectivity index (χ0v) is 21.4. The first-order valence-corrected chi connectivity index (χ1v) is 12.4. The third-order valence-electron chi connectivity index (χ3n) is 6.65. The first kappa shape index (κ1) is 23.9. The molecule has 0 aliphatic carbocycles. The van der Waals surface area contributed by atoms with Crippen LogP contribution in [0.5, 0.6) is 0 Å². The molecule has 1 atom stereocenters. The number of H-pyrrole nitrogens is 1. The summed E-state index contributed by atoms with van der Waals surface area (Å²) in [6.07, 6.45) is -0.301. The van der Waals surface area contributed by atoms with Gasteiger partial charge in [-0.3, -0.25) is 4.79 Å². The van der Waals surface area contributed by atoms with Crippen molar-refractivity contribution < 1.29 is 14.3 Å². The lowest BCUT2D eigenvalue weighted by Crippen LogP contribution is -2.50. The van der Waals surface area contributed by atoms with Gasteiger partial charge in [-0.05, 0) is 68.7 Å². The molecular formula is C29H32N4O3. The summed E-state index contributed by atoms with van der Waals surface area (Å²) >= 11 is 0. The second-order valence-corrected chi connectivity index (χ2v) is 10.7. The maximum absolute atomic E-state index is 13.3. The van der Waals surface area contributed by atoms with Gasteiger partial charge in [0.05, 0.1) is 23.0 Å². The average Bonchev–Trinajstić information content (AvgIpc) is 3.17. The van der Waals surface area contributed by atoms with Gasteiger partial charge in [0.1, 0.15) is 11.4 Å². The van der Waals surface area contributed by atoms with Crippen LogP contribution in [0.15, 0.2) is 54.6 Å². The highest BCUT2D eigenvalue weighted by atomic mass is 16.6. The smallest absolute Gasteiger partial charge is 0.410 e. The van der Waals surface area contributed by atoms with E-state index in [1.165, 1.54) is 0 Å². The SMILES string of the molecule is Cc1cc2nc(C3CN(C(=O)OC(C)(C)C)C3)[nH]c2cc1C(=O)N[C@H](C)c1cccc2ccccc12. The van der Waals surface area contributed by atoms with E-state index in [0.29, 0.717) is 18.7 Å². The molecule has 0 saturated carbocycles. The Morgan fingerprint density at radius 2 is 1.83 bits per heavy atom. The molecule has 7 heteroatoms. The van der Waals surface area contributed by atoms with Crippen molar-refractivity contribution in [3.05, 3.63) is 77.1 Å². The molecule has 0 bridgehead atoms. The van der Waals surface area contributed by atoms with Gasteiger partial charge >= 0.3 is 6.09 Å². The number of aromatic amines is 1. The van der Waals surface area contributed by atoms with E-state index in [0.717, 1.165) is 38.8 Å². The number of nitrogens with one attached hydrogen (secondary N) is 2. The number of ether oxygens (including phenoxy) is 1. The molecule has 7 nitrogen and oxygen atoms in total. The fourth-order valence-corrected chi connectivity index (χ4v) is 4.73. The number of carbonyl (C=O) groups is 2. The molecule has 0 radical (unpaired) electrons. The van der Waals surface area contributed by atoms with E-state index in [-0.39, 0.29) is 24.0 Å². The lowest BCUT2D eigenvalue weighted by Gasteiger charge is -2.38. The minimum atomic E-state index is -0.513. The van der Waals surface area contributed by atoms with Crippen LogP contribution in [0.1, 0.15) is 67.0 Å². The summed E-state index contributed by atoms with van der Waals surface area (Å²) in [6, 6.07) is 18.0. The van der Waals surface area contributed by atoms with Crippen LogP contribution in [0.2, 0.25) is 0 Å². The quantitative estimate of drug-likeness (QED) is 0.380. The normalized spacial score (nSPS) is 15.1. The van der Waals surface area contributed by atoms with Gasteiger partial charge in [-0.25, -0.2) is 9.78 Å². The second kappa shape index (κ2) is 8.97. The van der Waals surface area contributed by atoms with E-state index in [4.69, 9.17) is 9.72 Å². The molecule has 1 aliphatic rings. The van der Waals surface area contributed by atoms with Gasteiger partial charge < -0.3 is 19.9 Å². The number of likely N-dealkylation sites (tertiary alicyclic amines) is 1. The van der Waals surface area contributed by atoms with Gasteiger partial charge in [0.2, 0.25) is 0 Å². The number of hydrogen-bond donors (Lipinski definition) is 2. The Morgan fingerprint density at radius 1 is 1.11 bits per heavy atom. The Kier molecular flexibility index (Phi) is 5.94. The van der Waals surface area contributed by atoms with Gasteiger partial charge in [0.15, 0.2) is 0 Å². The van der Waals surface area contributed by atoms with E-state index in [2.05, 4.69) is 34.6 Å². The molecule has 2 heterocycles. The number of rotatable bonds is 4. The third-order valence-corrected chi connectivity index (χ3v) is 6.65.